The molecule has 0 aromatic heterocycles. The molecule has 110 valence electrons. The van der Waals surface area contributed by atoms with Crippen LogP contribution < -0.4 is 5.32 Å². The molecule has 2 bridgehead atoms. The highest BCUT2D eigenvalue weighted by Crippen LogP contribution is 2.48. The first kappa shape index (κ1) is 13.9. The fourth-order valence-corrected chi connectivity index (χ4v) is 4.08. The van der Waals surface area contributed by atoms with E-state index in [9.17, 15) is 4.39 Å². The molecule has 0 aliphatic heterocycles. The van der Waals surface area contributed by atoms with Crippen molar-refractivity contribution in [3.8, 4) is 0 Å². The number of halogens is 1. The Balaban J connectivity index is 1.38. The number of hydrogen-bond acceptors (Lipinski definition) is 2. The van der Waals surface area contributed by atoms with Crippen molar-refractivity contribution in [1.82, 2.24) is 4.90 Å². The summed E-state index contributed by atoms with van der Waals surface area (Å²) < 4.78 is 13.1. The molecule has 3 heteroatoms. The van der Waals surface area contributed by atoms with Crippen molar-refractivity contribution in [3.63, 3.8) is 0 Å². The summed E-state index contributed by atoms with van der Waals surface area (Å²) in [5.74, 6) is 2.78. The van der Waals surface area contributed by atoms with Gasteiger partial charge in [-0.1, -0.05) is 12.5 Å². The highest BCUT2D eigenvalue weighted by Gasteiger charge is 2.39. The number of likely N-dealkylation sites (N-methyl/N-ethyl adjacent to an activating group) is 1. The van der Waals surface area contributed by atoms with Crippen molar-refractivity contribution in [1.29, 1.82) is 0 Å². The molecule has 0 amide bonds. The van der Waals surface area contributed by atoms with Gasteiger partial charge >= 0.3 is 0 Å². The third-order valence-electron chi connectivity index (χ3n) is 5.08. The molecular formula is C17H25FN2. The molecule has 0 heterocycles. The predicted octanol–water partition coefficient (Wildman–Crippen LogP) is 3.61. The third-order valence-corrected chi connectivity index (χ3v) is 5.08. The van der Waals surface area contributed by atoms with Crippen LogP contribution in [-0.4, -0.2) is 31.6 Å². The number of nitrogens with zero attached hydrogens (tertiary/aromatic N) is 1. The van der Waals surface area contributed by atoms with Crippen LogP contribution in [0.15, 0.2) is 24.3 Å². The van der Waals surface area contributed by atoms with Gasteiger partial charge in [0.2, 0.25) is 0 Å². The van der Waals surface area contributed by atoms with Crippen LogP contribution >= 0.6 is 0 Å². The van der Waals surface area contributed by atoms with E-state index in [1.54, 1.807) is 12.1 Å². The van der Waals surface area contributed by atoms with E-state index in [0.717, 1.165) is 36.5 Å². The van der Waals surface area contributed by atoms with E-state index >= 15 is 0 Å². The Morgan fingerprint density at radius 1 is 1.30 bits per heavy atom. The van der Waals surface area contributed by atoms with Gasteiger partial charge in [0.05, 0.1) is 0 Å². The molecular weight excluding hydrogens is 251 g/mol. The van der Waals surface area contributed by atoms with Crippen LogP contribution in [0.5, 0.6) is 0 Å². The van der Waals surface area contributed by atoms with E-state index in [4.69, 9.17) is 0 Å². The topological polar surface area (TPSA) is 15.3 Å². The van der Waals surface area contributed by atoms with Gasteiger partial charge in [-0.3, -0.25) is 0 Å². The zero-order valence-electron chi connectivity index (χ0n) is 12.3. The highest BCUT2D eigenvalue weighted by atomic mass is 19.1. The fraction of sp³-hybridized carbons (Fsp3) is 0.647. The fourth-order valence-electron chi connectivity index (χ4n) is 4.08. The predicted molar refractivity (Wildman–Crippen MR) is 81.3 cm³/mol. The minimum atomic E-state index is -0.176. The Morgan fingerprint density at radius 2 is 2.20 bits per heavy atom. The van der Waals surface area contributed by atoms with E-state index < -0.39 is 0 Å². The van der Waals surface area contributed by atoms with Crippen molar-refractivity contribution >= 4 is 5.69 Å². The number of benzene rings is 1. The molecule has 1 N–H and O–H groups in total. The Bertz CT molecular complexity index is 448. The third kappa shape index (κ3) is 3.32. The Kier molecular flexibility index (Phi) is 4.25. The van der Waals surface area contributed by atoms with Crippen molar-refractivity contribution < 1.29 is 4.39 Å². The average Bonchev–Trinajstić information content (AvgIpc) is 3.01. The number of nitrogens with one attached hydrogen (secondary N) is 1. The van der Waals surface area contributed by atoms with E-state index in [1.807, 2.05) is 6.07 Å². The molecule has 0 saturated heterocycles. The van der Waals surface area contributed by atoms with Crippen molar-refractivity contribution in [3.05, 3.63) is 30.1 Å². The molecule has 20 heavy (non-hydrogen) atoms. The standard InChI is InChI=1S/C17H25FN2/c1-20(12-15-10-13-5-6-14(15)9-13)8-7-19-17-4-2-3-16(18)11-17/h2-4,11,13-15,19H,5-10,12H2,1H3. The van der Waals surface area contributed by atoms with Gasteiger partial charge in [-0.05, 0) is 62.3 Å². The Hall–Kier alpha value is -1.09. The van der Waals surface area contributed by atoms with Gasteiger partial charge < -0.3 is 10.2 Å². The second-order valence-electron chi connectivity index (χ2n) is 6.63. The average molecular weight is 276 g/mol. The molecule has 2 fully saturated rings. The summed E-state index contributed by atoms with van der Waals surface area (Å²) in [6.07, 6.45) is 5.88. The van der Waals surface area contributed by atoms with Crippen molar-refractivity contribution in [2.75, 3.05) is 32.0 Å². The van der Waals surface area contributed by atoms with Crippen LogP contribution in [0, 0.1) is 23.6 Å². The monoisotopic (exact) mass is 276 g/mol. The van der Waals surface area contributed by atoms with Crippen LogP contribution in [0.25, 0.3) is 0 Å². The normalized spacial score (nSPS) is 28.2. The summed E-state index contributed by atoms with van der Waals surface area (Å²) >= 11 is 0. The molecule has 0 spiro atoms. The lowest BCUT2D eigenvalue weighted by molar-refractivity contribution is 0.225. The molecule has 1 aromatic rings. The molecule has 0 radical (unpaired) electrons. The molecule has 3 unspecified atom stereocenters. The molecule has 3 atom stereocenters. The van der Waals surface area contributed by atoms with Crippen LogP contribution in [0.2, 0.25) is 0 Å². The van der Waals surface area contributed by atoms with Crippen LogP contribution in [-0.2, 0) is 0 Å². The number of fused-ring (bicyclic) bond motifs is 2. The maximum Gasteiger partial charge on any atom is 0.125 e. The second kappa shape index (κ2) is 6.13. The van der Waals surface area contributed by atoms with E-state index in [1.165, 1.54) is 38.3 Å². The molecule has 2 aliphatic rings. The molecule has 2 saturated carbocycles. The number of anilines is 1. The number of rotatable bonds is 6. The summed E-state index contributed by atoms with van der Waals surface area (Å²) in [6, 6.07) is 6.69. The maximum atomic E-state index is 13.1. The maximum absolute atomic E-state index is 13.1. The summed E-state index contributed by atoms with van der Waals surface area (Å²) in [5, 5.41) is 3.29. The van der Waals surface area contributed by atoms with Gasteiger partial charge in [0.25, 0.3) is 0 Å². The van der Waals surface area contributed by atoms with Gasteiger partial charge in [-0.2, -0.15) is 0 Å². The van der Waals surface area contributed by atoms with E-state index in [-0.39, 0.29) is 5.82 Å². The van der Waals surface area contributed by atoms with Gasteiger partial charge in [0, 0.05) is 25.3 Å². The zero-order chi connectivity index (χ0) is 13.9. The molecule has 1 aromatic carbocycles. The first-order valence-corrected chi connectivity index (χ1v) is 7.88. The number of hydrogen-bond donors (Lipinski definition) is 1. The quantitative estimate of drug-likeness (QED) is 0.854. The Labute approximate surface area is 121 Å². The van der Waals surface area contributed by atoms with Gasteiger partial charge in [0.1, 0.15) is 5.82 Å². The first-order valence-electron chi connectivity index (χ1n) is 7.88. The first-order chi connectivity index (χ1) is 9.70. The summed E-state index contributed by atoms with van der Waals surface area (Å²) in [4.78, 5) is 2.43. The van der Waals surface area contributed by atoms with Crippen LogP contribution in [0.4, 0.5) is 10.1 Å². The lowest BCUT2D eigenvalue weighted by Crippen LogP contribution is -2.32. The zero-order valence-corrected chi connectivity index (χ0v) is 12.3. The second-order valence-corrected chi connectivity index (χ2v) is 6.63. The van der Waals surface area contributed by atoms with E-state index in [2.05, 4.69) is 17.3 Å². The SMILES string of the molecule is CN(CCNc1cccc(F)c1)CC1CC2CCC1C2. The summed E-state index contributed by atoms with van der Waals surface area (Å²) in [7, 11) is 2.21. The summed E-state index contributed by atoms with van der Waals surface area (Å²) in [6.45, 7) is 3.12. The lowest BCUT2D eigenvalue weighted by Gasteiger charge is -2.27. The lowest BCUT2D eigenvalue weighted by atomic mass is 9.88. The minimum absolute atomic E-state index is 0.176. The molecule has 2 nitrogen and oxygen atoms in total. The largest absolute Gasteiger partial charge is 0.384 e. The molecule has 3 rings (SSSR count). The van der Waals surface area contributed by atoms with E-state index in [0.29, 0.717) is 0 Å². The highest BCUT2D eigenvalue weighted by molar-refractivity contribution is 5.42. The molecule has 2 aliphatic carbocycles. The van der Waals surface area contributed by atoms with Gasteiger partial charge in [0.15, 0.2) is 0 Å². The van der Waals surface area contributed by atoms with Crippen molar-refractivity contribution in [2.45, 2.75) is 25.7 Å². The van der Waals surface area contributed by atoms with Crippen LogP contribution in [0.1, 0.15) is 25.7 Å². The van der Waals surface area contributed by atoms with Gasteiger partial charge in [-0.25, -0.2) is 4.39 Å². The van der Waals surface area contributed by atoms with Gasteiger partial charge in [-0.15, -0.1) is 0 Å². The minimum Gasteiger partial charge on any atom is -0.384 e. The van der Waals surface area contributed by atoms with Crippen LogP contribution in [0.3, 0.4) is 0 Å². The van der Waals surface area contributed by atoms with Crippen molar-refractivity contribution in [2.24, 2.45) is 17.8 Å². The smallest absolute Gasteiger partial charge is 0.125 e. The summed E-state index contributed by atoms with van der Waals surface area (Å²) in [5.41, 5.74) is 0.873. The Morgan fingerprint density at radius 3 is 2.90 bits per heavy atom.